The second kappa shape index (κ2) is 5.98. The predicted octanol–water partition coefficient (Wildman–Crippen LogP) is 0.521. The maximum absolute atomic E-state index is 12.1. The maximum atomic E-state index is 12.1. The zero-order valence-corrected chi connectivity index (χ0v) is 13.2. The average molecular weight is 304 g/mol. The number of thiocarbonyl (C=S) groups is 1. The molecule has 0 saturated heterocycles. The lowest BCUT2D eigenvalue weighted by atomic mass is 10.2. The topological polar surface area (TPSA) is 90.0 Å². The first-order valence-corrected chi connectivity index (χ1v) is 7.93. The molecule has 8 heteroatoms. The van der Waals surface area contributed by atoms with Gasteiger partial charge in [-0.3, -0.25) is 4.68 Å². The highest BCUT2D eigenvalue weighted by Gasteiger charge is 2.26. The minimum absolute atomic E-state index is 0.00497. The summed E-state index contributed by atoms with van der Waals surface area (Å²) in [5.41, 5.74) is 8.09. The molecule has 0 bridgehead atoms. The van der Waals surface area contributed by atoms with Crippen LogP contribution in [0.3, 0.4) is 0 Å². The van der Waals surface area contributed by atoms with Crippen LogP contribution >= 0.6 is 12.2 Å². The fraction of sp³-hybridized carbons (Fsp3) is 0.636. The summed E-state index contributed by atoms with van der Waals surface area (Å²) in [6.45, 7) is 5.69. The minimum atomic E-state index is -3.55. The van der Waals surface area contributed by atoms with E-state index in [4.69, 9.17) is 18.0 Å². The van der Waals surface area contributed by atoms with E-state index in [2.05, 4.69) is 9.82 Å². The number of hydrogen-bond donors (Lipinski definition) is 2. The van der Waals surface area contributed by atoms with Crippen LogP contribution in [0, 0.1) is 13.8 Å². The van der Waals surface area contributed by atoms with Gasteiger partial charge in [-0.2, -0.15) is 5.10 Å². The molecule has 1 aromatic heterocycles. The molecule has 0 radical (unpaired) electrons. The molecule has 0 fully saturated rings. The highest BCUT2D eigenvalue weighted by molar-refractivity contribution is 7.93. The number of nitrogens with one attached hydrogen (secondary N) is 1. The lowest BCUT2D eigenvalue weighted by Gasteiger charge is -2.15. The van der Waals surface area contributed by atoms with Gasteiger partial charge >= 0.3 is 0 Å². The van der Waals surface area contributed by atoms with E-state index in [9.17, 15) is 8.42 Å². The zero-order chi connectivity index (χ0) is 14.8. The fourth-order valence-electron chi connectivity index (χ4n) is 1.92. The van der Waals surface area contributed by atoms with Crippen molar-refractivity contribution in [2.24, 2.45) is 12.8 Å². The average Bonchev–Trinajstić information content (AvgIpc) is 2.51. The molecule has 0 aromatic carbocycles. The van der Waals surface area contributed by atoms with Crippen LogP contribution < -0.4 is 10.5 Å². The van der Waals surface area contributed by atoms with Crippen LogP contribution in [0.1, 0.15) is 30.3 Å². The molecule has 0 spiro atoms. The van der Waals surface area contributed by atoms with Crippen molar-refractivity contribution in [2.75, 3.05) is 0 Å². The third-order valence-corrected chi connectivity index (χ3v) is 5.49. The Morgan fingerprint density at radius 3 is 2.47 bits per heavy atom. The van der Waals surface area contributed by atoms with E-state index in [1.54, 1.807) is 11.6 Å². The van der Waals surface area contributed by atoms with E-state index in [1.165, 1.54) is 0 Å². The maximum Gasteiger partial charge on any atom is 0.221 e. The van der Waals surface area contributed by atoms with Crippen LogP contribution in [0.5, 0.6) is 0 Å². The Labute approximate surface area is 119 Å². The molecule has 19 heavy (non-hydrogen) atoms. The summed E-state index contributed by atoms with van der Waals surface area (Å²) in [5.74, 6) is 0. The molecular weight excluding hydrogens is 284 g/mol. The van der Waals surface area contributed by atoms with Gasteiger partial charge in [-0.05, 0) is 20.3 Å². The molecule has 0 aliphatic heterocycles. The molecule has 108 valence electrons. The molecule has 1 atom stereocenters. The number of sulfonamides is 1. The van der Waals surface area contributed by atoms with E-state index in [0.717, 1.165) is 17.0 Å². The van der Waals surface area contributed by atoms with Crippen LogP contribution in [-0.4, -0.2) is 28.4 Å². The Balaban J connectivity index is 2.89. The fourth-order valence-corrected chi connectivity index (χ4v) is 3.76. The van der Waals surface area contributed by atoms with Gasteiger partial charge in [-0.1, -0.05) is 19.1 Å². The molecule has 3 N–H and O–H groups in total. The van der Waals surface area contributed by atoms with E-state index < -0.39 is 15.3 Å². The Kier molecular flexibility index (Phi) is 5.05. The third kappa shape index (κ3) is 3.52. The number of aryl methyl sites for hydroxylation is 2. The number of hydrogen-bond acceptors (Lipinski definition) is 4. The van der Waals surface area contributed by atoms with Gasteiger partial charge < -0.3 is 5.73 Å². The monoisotopic (exact) mass is 304 g/mol. The Morgan fingerprint density at radius 2 is 2.11 bits per heavy atom. The summed E-state index contributed by atoms with van der Waals surface area (Å²) in [6.07, 6.45) is 0.357. The molecule has 0 aliphatic carbocycles. The lowest BCUT2D eigenvalue weighted by Crippen LogP contribution is -2.41. The standard InChI is InChI=1S/C11H20N4O2S2/c1-5-10(11(12)18)19(16,17)13-6-9-7(2)14-15(4)8(9)3/h10,13H,5-6H2,1-4H3,(H2,12,18). The van der Waals surface area contributed by atoms with Gasteiger partial charge in [0, 0.05) is 24.8 Å². The van der Waals surface area contributed by atoms with E-state index in [1.807, 2.05) is 20.9 Å². The van der Waals surface area contributed by atoms with Crippen molar-refractivity contribution in [3.8, 4) is 0 Å². The smallest absolute Gasteiger partial charge is 0.221 e. The number of aromatic nitrogens is 2. The van der Waals surface area contributed by atoms with Crippen molar-refractivity contribution in [1.29, 1.82) is 0 Å². The summed E-state index contributed by atoms with van der Waals surface area (Å²) >= 11 is 4.79. The van der Waals surface area contributed by atoms with E-state index >= 15 is 0 Å². The summed E-state index contributed by atoms with van der Waals surface area (Å²) in [6, 6.07) is 0. The van der Waals surface area contributed by atoms with Gasteiger partial charge in [0.15, 0.2) is 0 Å². The van der Waals surface area contributed by atoms with Crippen LogP contribution in [0.25, 0.3) is 0 Å². The van der Waals surface area contributed by atoms with Gasteiger partial charge in [-0.25, -0.2) is 13.1 Å². The Hall–Kier alpha value is -0.990. The molecule has 1 heterocycles. The predicted molar refractivity (Wildman–Crippen MR) is 79.3 cm³/mol. The normalized spacial score (nSPS) is 13.5. The second-order valence-electron chi connectivity index (χ2n) is 4.44. The van der Waals surface area contributed by atoms with Crippen molar-refractivity contribution in [3.05, 3.63) is 17.0 Å². The molecule has 1 rings (SSSR count). The third-order valence-electron chi connectivity index (χ3n) is 3.17. The SMILES string of the molecule is CCC(C(N)=S)S(=O)(=O)NCc1c(C)nn(C)c1C. The molecule has 6 nitrogen and oxygen atoms in total. The number of rotatable bonds is 6. The molecule has 0 saturated carbocycles. The summed E-state index contributed by atoms with van der Waals surface area (Å²) < 4.78 is 28.5. The van der Waals surface area contributed by atoms with Crippen LogP contribution in [0.2, 0.25) is 0 Å². The first kappa shape index (κ1) is 16.1. The van der Waals surface area contributed by atoms with Gasteiger partial charge in [0.25, 0.3) is 0 Å². The van der Waals surface area contributed by atoms with E-state index in [0.29, 0.717) is 6.42 Å². The lowest BCUT2D eigenvalue weighted by molar-refractivity contribution is 0.574. The first-order valence-electron chi connectivity index (χ1n) is 5.97. The highest BCUT2D eigenvalue weighted by Crippen LogP contribution is 2.13. The van der Waals surface area contributed by atoms with Crippen molar-refractivity contribution in [2.45, 2.75) is 39.0 Å². The van der Waals surface area contributed by atoms with Crippen molar-refractivity contribution >= 4 is 27.2 Å². The highest BCUT2D eigenvalue weighted by atomic mass is 32.2. The van der Waals surface area contributed by atoms with Gasteiger partial charge in [0.05, 0.1) is 10.7 Å². The van der Waals surface area contributed by atoms with E-state index in [-0.39, 0.29) is 11.5 Å². The Bertz CT molecular complexity index is 578. The quantitative estimate of drug-likeness (QED) is 0.748. The van der Waals surface area contributed by atoms with Gasteiger partial charge in [0.1, 0.15) is 5.25 Å². The van der Waals surface area contributed by atoms with Crippen LogP contribution in [0.15, 0.2) is 0 Å². The van der Waals surface area contributed by atoms with Crippen molar-refractivity contribution in [1.82, 2.24) is 14.5 Å². The van der Waals surface area contributed by atoms with Gasteiger partial charge in [0.2, 0.25) is 10.0 Å². The molecule has 0 aliphatic rings. The largest absolute Gasteiger partial charge is 0.392 e. The van der Waals surface area contributed by atoms with Crippen LogP contribution in [-0.2, 0) is 23.6 Å². The van der Waals surface area contributed by atoms with Crippen molar-refractivity contribution in [3.63, 3.8) is 0 Å². The second-order valence-corrected chi connectivity index (χ2v) is 6.86. The summed E-state index contributed by atoms with van der Waals surface area (Å²) in [4.78, 5) is -0.00497. The molecule has 0 amide bonds. The molecular formula is C11H20N4O2S2. The molecule has 1 aromatic rings. The number of nitrogens with two attached hydrogens (primary N) is 1. The minimum Gasteiger partial charge on any atom is -0.392 e. The molecule has 1 unspecified atom stereocenters. The van der Waals surface area contributed by atoms with Crippen molar-refractivity contribution < 1.29 is 8.42 Å². The summed E-state index contributed by atoms with van der Waals surface area (Å²) in [5, 5.41) is 3.41. The Morgan fingerprint density at radius 1 is 1.53 bits per heavy atom. The zero-order valence-electron chi connectivity index (χ0n) is 11.6. The summed E-state index contributed by atoms with van der Waals surface area (Å²) in [7, 11) is -1.72. The number of nitrogens with zero attached hydrogens (tertiary/aromatic N) is 2. The van der Waals surface area contributed by atoms with Crippen LogP contribution in [0.4, 0.5) is 0 Å². The first-order chi connectivity index (χ1) is 8.70. The van der Waals surface area contributed by atoms with Gasteiger partial charge in [-0.15, -0.1) is 0 Å².